The minimum Gasteiger partial charge on any atom is -0.493 e. The summed E-state index contributed by atoms with van der Waals surface area (Å²) in [5.74, 6) is 1.16. The largest absolute Gasteiger partial charge is 0.493 e. The second-order valence-electron chi connectivity index (χ2n) is 9.55. The van der Waals surface area contributed by atoms with E-state index in [1.807, 2.05) is 6.92 Å². The molecule has 0 amide bonds. The lowest BCUT2D eigenvalue weighted by molar-refractivity contribution is -0.143. The Morgan fingerprint density at radius 2 is 1.90 bits per heavy atom. The maximum atomic E-state index is 13.5. The first-order valence-electron chi connectivity index (χ1n) is 13.4. The van der Waals surface area contributed by atoms with Gasteiger partial charge in [0, 0.05) is 18.9 Å². The highest BCUT2D eigenvalue weighted by molar-refractivity contribution is 7.92. The van der Waals surface area contributed by atoms with Crippen LogP contribution in [0.25, 0.3) is 16.9 Å². The summed E-state index contributed by atoms with van der Waals surface area (Å²) in [6.45, 7) is 6.12. The number of anilines is 1. The number of nitrogens with zero attached hydrogens (tertiary/aromatic N) is 3. The SMILES string of the molecule is CCCc1nc(C)c2c(=O)[nH]c(-c3cc(S(=O)(=O)Nc4ccc(OC5CCOC5=O)c(OC)c4)ccc3OCC)nn12. The van der Waals surface area contributed by atoms with Gasteiger partial charge >= 0.3 is 5.97 Å². The maximum Gasteiger partial charge on any atom is 0.347 e. The van der Waals surface area contributed by atoms with E-state index in [0.717, 1.165) is 6.42 Å². The smallest absolute Gasteiger partial charge is 0.347 e. The van der Waals surface area contributed by atoms with Crippen molar-refractivity contribution in [2.75, 3.05) is 25.0 Å². The summed E-state index contributed by atoms with van der Waals surface area (Å²) in [6, 6.07) is 8.76. The average molecular weight is 598 g/mol. The molecule has 1 aliphatic heterocycles. The molecule has 2 aromatic heterocycles. The van der Waals surface area contributed by atoms with Crippen molar-refractivity contribution in [3.63, 3.8) is 0 Å². The van der Waals surface area contributed by atoms with Gasteiger partial charge in [-0.05, 0) is 50.6 Å². The molecule has 5 rings (SSSR count). The third kappa shape index (κ3) is 5.62. The van der Waals surface area contributed by atoms with Crippen LogP contribution < -0.4 is 24.5 Å². The number of aryl methyl sites for hydroxylation is 2. The van der Waals surface area contributed by atoms with Crippen LogP contribution >= 0.6 is 0 Å². The first-order chi connectivity index (χ1) is 20.1. The number of hydrogen-bond donors (Lipinski definition) is 2. The number of aromatic nitrogens is 4. The minimum absolute atomic E-state index is 0.0905. The van der Waals surface area contributed by atoms with Crippen molar-refractivity contribution < 1.29 is 32.2 Å². The van der Waals surface area contributed by atoms with Gasteiger partial charge in [0.1, 0.15) is 11.6 Å². The van der Waals surface area contributed by atoms with Crippen LogP contribution in [0.2, 0.25) is 0 Å². The summed E-state index contributed by atoms with van der Waals surface area (Å²) in [7, 11) is -2.72. The van der Waals surface area contributed by atoms with E-state index >= 15 is 0 Å². The van der Waals surface area contributed by atoms with Crippen LogP contribution in [0.1, 0.15) is 38.2 Å². The highest BCUT2D eigenvalue weighted by Crippen LogP contribution is 2.34. The monoisotopic (exact) mass is 597 g/mol. The Balaban J connectivity index is 1.50. The van der Waals surface area contributed by atoms with Gasteiger partial charge in [-0.15, -0.1) is 5.10 Å². The van der Waals surface area contributed by atoms with E-state index in [-0.39, 0.29) is 40.1 Å². The topological polar surface area (TPSA) is 163 Å². The van der Waals surface area contributed by atoms with E-state index in [1.54, 1.807) is 13.8 Å². The second-order valence-corrected chi connectivity index (χ2v) is 11.2. The maximum absolute atomic E-state index is 13.5. The molecule has 222 valence electrons. The fraction of sp³-hybridized carbons (Fsp3) is 0.357. The highest BCUT2D eigenvalue weighted by Gasteiger charge is 2.29. The zero-order valence-corrected chi connectivity index (χ0v) is 24.4. The van der Waals surface area contributed by atoms with Gasteiger partial charge in [-0.3, -0.25) is 9.52 Å². The number of ether oxygens (including phenoxy) is 4. The Hall–Kier alpha value is -4.59. The second kappa shape index (κ2) is 11.7. The third-order valence-electron chi connectivity index (χ3n) is 6.60. The molecule has 0 bridgehead atoms. The first-order valence-corrected chi connectivity index (χ1v) is 14.9. The van der Waals surface area contributed by atoms with Gasteiger partial charge < -0.3 is 23.9 Å². The van der Waals surface area contributed by atoms with Crippen LogP contribution in [0.5, 0.6) is 17.2 Å². The zero-order chi connectivity index (χ0) is 30.0. The number of H-pyrrole nitrogens is 1. The highest BCUT2D eigenvalue weighted by atomic mass is 32.2. The Bertz CT molecular complexity index is 1820. The molecule has 0 spiro atoms. The molecule has 4 aromatic rings. The Labute approximate surface area is 241 Å². The van der Waals surface area contributed by atoms with Gasteiger partial charge in [0.25, 0.3) is 15.6 Å². The molecule has 13 nitrogen and oxygen atoms in total. The summed E-state index contributed by atoms with van der Waals surface area (Å²) in [5, 5.41) is 4.62. The van der Waals surface area contributed by atoms with Gasteiger partial charge in [0.15, 0.2) is 28.9 Å². The molecule has 2 aromatic carbocycles. The molecule has 0 aliphatic carbocycles. The third-order valence-corrected chi connectivity index (χ3v) is 7.98. The van der Waals surface area contributed by atoms with Gasteiger partial charge in [-0.25, -0.2) is 22.7 Å². The number of sulfonamides is 1. The van der Waals surface area contributed by atoms with E-state index in [1.165, 1.54) is 48.0 Å². The lowest BCUT2D eigenvalue weighted by Gasteiger charge is -2.16. The van der Waals surface area contributed by atoms with Crippen LogP contribution in [-0.2, 0) is 26.0 Å². The molecule has 0 radical (unpaired) electrons. The molecule has 1 saturated heterocycles. The number of nitrogens with one attached hydrogen (secondary N) is 2. The number of cyclic esters (lactones) is 1. The normalized spacial score (nSPS) is 15.0. The lowest BCUT2D eigenvalue weighted by atomic mass is 10.2. The van der Waals surface area contributed by atoms with Crippen molar-refractivity contribution in [3.05, 3.63) is 58.3 Å². The van der Waals surface area contributed by atoms with Crippen LogP contribution in [0.15, 0.2) is 46.1 Å². The predicted molar refractivity (Wildman–Crippen MR) is 153 cm³/mol. The average Bonchev–Trinajstić information content (AvgIpc) is 3.51. The van der Waals surface area contributed by atoms with Crippen LogP contribution in [0.4, 0.5) is 5.69 Å². The van der Waals surface area contributed by atoms with Gasteiger partial charge in [-0.2, -0.15) is 0 Å². The van der Waals surface area contributed by atoms with Gasteiger partial charge in [0.2, 0.25) is 0 Å². The van der Waals surface area contributed by atoms with Crippen molar-refractivity contribution >= 4 is 27.2 Å². The number of carbonyl (C=O) groups excluding carboxylic acids is 1. The van der Waals surface area contributed by atoms with Crippen molar-refractivity contribution in [1.82, 2.24) is 19.6 Å². The molecule has 1 fully saturated rings. The molecule has 1 unspecified atom stereocenters. The van der Waals surface area contributed by atoms with Crippen molar-refractivity contribution in [3.8, 4) is 28.6 Å². The number of fused-ring (bicyclic) bond motifs is 1. The fourth-order valence-corrected chi connectivity index (χ4v) is 5.74. The molecule has 3 heterocycles. The van der Waals surface area contributed by atoms with E-state index in [2.05, 4.69) is 19.8 Å². The molecule has 2 N–H and O–H groups in total. The summed E-state index contributed by atoms with van der Waals surface area (Å²) >= 11 is 0. The molecular weight excluding hydrogens is 566 g/mol. The number of benzene rings is 2. The lowest BCUT2D eigenvalue weighted by Crippen LogP contribution is -2.22. The quantitative estimate of drug-likeness (QED) is 0.245. The number of imidazole rings is 1. The fourth-order valence-electron chi connectivity index (χ4n) is 4.67. The zero-order valence-electron chi connectivity index (χ0n) is 23.6. The Morgan fingerprint density at radius 3 is 2.60 bits per heavy atom. The standard InChI is InChI=1S/C28H31N5O8S/c1-5-7-24-29-16(3)25-27(34)30-26(31-33(24)25)19-15-18(9-11-20(19)39-6-2)42(36,37)32-17-8-10-21(23(14-17)38-4)41-22-12-13-40-28(22)35/h8-11,14-15,22,32H,5-7,12-13H2,1-4H3,(H,30,31,34). The van der Waals surface area contributed by atoms with Crippen molar-refractivity contribution in [1.29, 1.82) is 0 Å². The summed E-state index contributed by atoms with van der Waals surface area (Å²) in [4.78, 5) is 32.0. The molecule has 1 atom stereocenters. The molecule has 14 heteroatoms. The number of methoxy groups -OCH3 is 1. The number of hydrogen-bond acceptors (Lipinski definition) is 10. The van der Waals surface area contributed by atoms with E-state index in [4.69, 9.17) is 18.9 Å². The van der Waals surface area contributed by atoms with Gasteiger partial charge in [0.05, 0.1) is 42.2 Å². The van der Waals surface area contributed by atoms with E-state index in [9.17, 15) is 18.0 Å². The minimum atomic E-state index is -4.12. The Morgan fingerprint density at radius 1 is 1.12 bits per heavy atom. The number of rotatable bonds is 11. The van der Waals surface area contributed by atoms with Crippen LogP contribution in [0.3, 0.4) is 0 Å². The molecule has 42 heavy (non-hydrogen) atoms. The first kappa shape index (κ1) is 28.9. The molecule has 1 aliphatic rings. The van der Waals surface area contributed by atoms with E-state index in [0.29, 0.717) is 42.2 Å². The van der Waals surface area contributed by atoms with Gasteiger partial charge in [-0.1, -0.05) is 6.92 Å². The van der Waals surface area contributed by atoms with Crippen molar-refractivity contribution in [2.24, 2.45) is 0 Å². The van der Waals surface area contributed by atoms with Crippen LogP contribution in [0, 0.1) is 6.92 Å². The number of carbonyl (C=O) groups is 1. The predicted octanol–water partition coefficient (Wildman–Crippen LogP) is 3.25. The van der Waals surface area contributed by atoms with Crippen LogP contribution in [-0.4, -0.2) is 60.4 Å². The number of aromatic amines is 1. The van der Waals surface area contributed by atoms with E-state index < -0.39 is 27.7 Å². The Kier molecular flexibility index (Phi) is 8.07. The molecular formula is C28H31N5O8S. The van der Waals surface area contributed by atoms with Crippen molar-refractivity contribution in [2.45, 2.75) is 51.0 Å². The number of esters is 1. The summed E-state index contributed by atoms with van der Waals surface area (Å²) < 4.78 is 52.8. The summed E-state index contributed by atoms with van der Waals surface area (Å²) in [5.41, 5.74) is 0.976. The summed E-state index contributed by atoms with van der Waals surface area (Å²) in [6.07, 6.45) is 1.06. The molecule has 0 saturated carbocycles.